The number of hydrogen-bond donors (Lipinski definition) is 2. The summed E-state index contributed by atoms with van der Waals surface area (Å²) in [4.78, 5) is 10.9. The van der Waals surface area contributed by atoms with Crippen LogP contribution < -0.4 is 5.32 Å². The summed E-state index contributed by atoms with van der Waals surface area (Å²) >= 11 is 1.70. The van der Waals surface area contributed by atoms with Crippen LogP contribution in [0, 0.1) is 6.92 Å². The van der Waals surface area contributed by atoms with Gasteiger partial charge in [-0.3, -0.25) is 0 Å². The first-order chi connectivity index (χ1) is 8.81. The molecule has 5 heteroatoms. The zero-order valence-corrected chi connectivity index (χ0v) is 11.5. The molecule has 0 unspecified atom stereocenters. The molecule has 4 nitrogen and oxygen atoms in total. The van der Waals surface area contributed by atoms with Gasteiger partial charge in [0.15, 0.2) is 0 Å². The van der Waals surface area contributed by atoms with Crippen LogP contribution in [-0.4, -0.2) is 28.2 Å². The molecule has 2 heterocycles. The molecule has 0 aliphatic heterocycles. The molecule has 2 aromatic heterocycles. The van der Waals surface area contributed by atoms with Crippen LogP contribution in [0.1, 0.15) is 30.6 Å². The third kappa shape index (κ3) is 3.40. The van der Waals surface area contributed by atoms with E-state index in [2.05, 4.69) is 28.3 Å². The second-order valence-corrected chi connectivity index (χ2v) is 5.60. The minimum absolute atomic E-state index is 0.300. The maximum atomic E-state index is 8.69. The van der Waals surface area contributed by atoms with E-state index in [0.717, 1.165) is 48.3 Å². The Morgan fingerprint density at radius 3 is 2.89 bits per heavy atom. The van der Waals surface area contributed by atoms with Crippen LogP contribution in [0.25, 0.3) is 10.2 Å². The van der Waals surface area contributed by atoms with E-state index in [1.807, 2.05) is 0 Å². The number of aliphatic hydroxyl groups is 1. The smallest absolute Gasteiger partial charge is 0.138 e. The van der Waals surface area contributed by atoms with Crippen LogP contribution in [0.3, 0.4) is 0 Å². The van der Waals surface area contributed by atoms with Gasteiger partial charge in [-0.1, -0.05) is 12.8 Å². The van der Waals surface area contributed by atoms with Gasteiger partial charge in [0.25, 0.3) is 0 Å². The van der Waals surface area contributed by atoms with Crippen molar-refractivity contribution >= 4 is 27.4 Å². The van der Waals surface area contributed by atoms with Crippen molar-refractivity contribution in [2.24, 2.45) is 0 Å². The van der Waals surface area contributed by atoms with Crippen molar-refractivity contribution in [1.82, 2.24) is 9.97 Å². The number of hydrogen-bond acceptors (Lipinski definition) is 5. The van der Waals surface area contributed by atoms with Gasteiger partial charge in [0.2, 0.25) is 0 Å². The van der Waals surface area contributed by atoms with Crippen LogP contribution in [-0.2, 0) is 0 Å². The number of rotatable bonds is 7. The number of nitrogens with zero attached hydrogens (tertiary/aromatic N) is 2. The van der Waals surface area contributed by atoms with Crippen LogP contribution in [0.5, 0.6) is 0 Å². The molecule has 0 aliphatic rings. The first-order valence-electron chi connectivity index (χ1n) is 6.37. The quantitative estimate of drug-likeness (QED) is 0.756. The van der Waals surface area contributed by atoms with Crippen molar-refractivity contribution in [3.8, 4) is 0 Å². The van der Waals surface area contributed by atoms with Gasteiger partial charge in [-0.05, 0) is 25.8 Å². The lowest BCUT2D eigenvalue weighted by atomic mass is 10.2. The second kappa shape index (κ2) is 6.66. The molecule has 0 amide bonds. The molecule has 2 aromatic rings. The van der Waals surface area contributed by atoms with Gasteiger partial charge in [0, 0.05) is 18.0 Å². The summed E-state index contributed by atoms with van der Waals surface area (Å²) in [6.07, 6.45) is 5.86. The fourth-order valence-corrected chi connectivity index (χ4v) is 2.76. The van der Waals surface area contributed by atoms with Gasteiger partial charge < -0.3 is 10.4 Å². The predicted molar refractivity (Wildman–Crippen MR) is 76.2 cm³/mol. The van der Waals surface area contributed by atoms with Gasteiger partial charge in [0.05, 0.1) is 5.39 Å². The van der Waals surface area contributed by atoms with Crippen LogP contribution in [0.15, 0.2) is 12.4 Å². The number of fused-ring (bicyclic) bond motifs is 1. The second-order valence-electron chi connectivity index (χ2n) is 4.36. The molecular formula is C13H19N3OS. The first-order valence-corrected chi connectivity index (χ1v) is 7.19. The maximum absolute atomic E-state index is 8.69. The number of nitrogens with one attached hydrogen (secondary N) is 1. The van der Waals surface area contributed by atoms with Crippen molar-refractivity contribution in [2.45, 2.75) is 32.6 Å². The SMILES string of the molecule is Cc1cc2c(NCCCCCCO)ncnc2s1. The van der Waals surface area contributed by atoms with Crippen molar-refractivity contribution in [3.05, 3.63) is 17.3 Å². The molecule has 0 bridgehead atoms. The molecule has 18 heavy (non-hydrogen) atoms. The minimum Gasteiger partial charge on any atom is -0.396 e. The Labute approximate surface area is 111 Å². The van der Waals surface area contributed by atoms with Gasteiger partial charge in [0.1, 0.15) is 17.0 Å². The minimum atomic E-state index is 0.300. The third-order valence-corrected chi connectivity index (χ3v) is 3.79. The highest BCUT2D eigenvalue weighted by Crippen LogP contribution is 2.27. The fourth-order valence-electron chi connectivity index (χ4n) is 1.91. The Morgan fingerprint density at radius 1 is 1.22 bits per heavy atom. The molecule has 2 N–H and O–H groups in total. The zero-order chi connectivity index (χ0) is 12.8. The highest BCUT2D eigenvalue weighted by Gasteiger charge is 2.05. The Balaban J connectivity index is 1.87. The number of thiophene rings is 1. The van der Waals surface area contributed by atoms with Crippen LogP contribution in [0.2, 0.25) is 0 Å². The summed E-state index contributed by atoms with van der Waals surface area (Å²) in [5.41, 5.74) is 0. The normalized spacial score (nSPS) is 11.0. The highest BCUT2D eigenvalue weighted by atomic mass is 32.1. The molecule has 0 atom stereocenters. The number of unbranched alkanes of at least 4 members (excludes halogenated alkanes) is 3. The molecule has 0 aliphatic carbocycles. The van der Waals surface area contributed by atoms with Gasteiger partial charge >= 0.3 is 0 Å². The molecule has 2 rings (SSSR count). The predicted octanol–water partition coefficient (Wildman–Crippen LogP) is 2.96. The molecular weight excluding hydrogens is 246 g/mol. The van der Waals surface area contributed by atoms with E-state index in [4.69, 9.17) is 5.11 Å². The van der Waals surface area contributed by atoms with E-state index in [1.165, 1.54) is 4.88 Å². The third-order valence-electron chi connectivity index (χ3n) is 2.83. The summed E-state index contributed by atoms with van der Waals surface area (Å²) in [7, 11) is 0. The topological polar surface area (TPSA) is 58.0 Å². The van der Waals surface area contributed by atoms with E-state index >= 15 is 0 Å². The highest BCUT2D eigenvalue weighted by molar-refractivity contribution is 7.18. The molecule has 0 fully saturated rings. The Hall–Kier alpha value is -1.20. The fraction of sp³-hybridized carbons (Fsp3) is 0.538. The largest absolute Gasteiger partial charge is 0.396 e. The van der Waals surface area contributed by atoms with E-state index in [0.29, 0.717) is 6.61 Å². The lowest BCUT2D eigenvalue weighted by Crippen LogP contribution is -2.03. The monoisotopic (exact) mass is 265 g/mol. The van der Waals surface area contributed by atoms with E-state index in [9.17, 15) is 0 Å². The van der Waals surface area contributed by atoms with E-state index in [-0.39, 0.29) is 0 Å². The molecule has 98 valence electrons. The van der Waals surface area contributed by atoms with Gasteiger partial charge in [-0.15, -0.1) is 11.3 Å². The number of aliphatic hydroxyl groups excluding tert-OH is 1. The summed E-state index contributed by atoms with van der Waals surface area (Å²) in [5.74, 6) is 0.937. The molecule has 0 saturated heterocycles. The molecule has 0 radical (unpaired) electrons. The zero-order valence-electron chi connectivity index (χ0n) is 10.6. The molecule has 0 saturated carbocycles. The van der Waals surface area contributed by atoms with E-state index in [1.54, 1.807) is 17.7 Å². The Bertz CT molecular complexity index is 498. The maximum Gasteiger partial charge on any atom is 0.138 e. The lowest BCUT2D eigenvalue weighted by molar-refractivity contribution is 0.283. The van der Waals surface area contributed by atoms with Gasteiger partial charge in [-0.2, -0.15) is 0 Å². The summed E-state index contributed by atoms with van der Waals surface area (Å²) < 4.78 is 0. The lowest BCUT2D eigenvalue weighted by Gasteiger charge is -2.05. The first kappa shape index (κ1) is 13.2. The van der Waals surface area contributed by atoms with Crippen LogP contribution in [0.4, 0.5) is 5.82 Å². The Morgan fingerprint density at radius 2 is 2.06 bits per heavy atom. The van der Waals surface area contributed by atoms with Crippen molar-refractivity contribution < 1.29 is 5.11 Å². The summed E-state index contributed by atoms with van der Waals surface area (Å²) in [5, 5.41) is 13.2. The van der Waals surface area contributed by atoms with Gasteiger partial charge in [-0.25, -0.2) is 9.97 Å². The van der Waals surface area contributed by atoms with Crippen molar-refractivity contribution in [2.75, 3.05) is 18.5 Å². The number of aromatic nitrogens is 2. The Kier molecular flexibility index (Phi) is 4.90. The standard InChI is InChI=1S/C13H19N3OS/c1-10-8-11-12(15-9-16-13(11)18-10)14-6-4-2-3-5-7-17/h8-9,17H,2-7H2,1H3,(H,14,15,16). The average Bonchev–Trinajstić information content (AvgIpc) is 2.74. The molecule has 0 spiro atoms. The molecule has 0 aromatic carbocycles. The summed E-state index contributed by atoms with van der Waals surface area (Å²) in [6, 6.07) is 2.13. The van der Waals surface area contributed by atoms with Crippen molar-refractivity contribution in [1.29, 1.82) is 0 Å². The average molecular weight is 265 g/mol. The van der Waals surface area contributed by atoms with E-state index < -0.39 is 0 Å². The number of aryl methyl sites for hydroxylation is 1. The van der Waals surface area contributed by atoms with Crippen LogP contribution >= 0.6 is 11.3 Å². The summed E-state index contributed by atoms with van der Waals surface area (Å²) in [6.45, 7) is 3.31. The van der Waals surface area contributed by atoms with Crippen molar-refractivity contribution in [3.63, 3.8) is 0 Å². The number of anilines is 1.